The van der Waals surface area contributed by atoms with Crippen LogP contribution in [-0.4, -0.2) is 100 Å². The first-order valence-electron chi connectivity index (χ1n) is 36.7. The fourth-order valence-corrected chi connectivity index (χ4v) is 15.8. The van der Waals surface area contributed by atoms with Gasteiger partial charge >= 0.3 is 28.5 Å². The van der Waals surface area contributed by atoms with Crippen LogP contribution in [0.4, 0.5) is 0 Å². The van der Waals surface area contributed by atoms with Crippen molar-refractivity contribution in [1.29, 1.82) is 0 Å². The second-order valence-electron chi connectivity index (χ2n) is 32.7. The minimum absolute atomic E-state index is 0.191. The molecule has 0 amide bonds. The third-order valence-corrected chi connectivity index (χ3v) is 24.3. The molecule has 4 aromatic carbocycles. The Balaban J connectivity index is 1.24. The van der Waals surface area contributed by atoms with Gasteiger partial charge in [-0.3, -0.25) is 0 Å². The fraction of sp³-hybridized carbons (Fsp3) is 0.684. The van der Waals surface area contributed by atoms with E-state index in [1.165, 1.54) is 0 Å². The molecule has 1 aliphatic carbocycles. The average molecular weight is 1320 g/mol. The number of unbranched alkanes of at least 4 members (excludes halogenated alkanes) is 8. The van der Waals surface area contributed by atoms with Crippen LogP contribution in [0, 0.1) is 0 Å². The van der Waals surface area contributed by atoms with Crippen LogP contribution in [0.5, 0.6) is 46.0 Å². The number of hydrogen-bond donors (Lipinski definition) is 0. The predicted octanol–water partition coefficient (Wildman–Crippen LogP) is 15.0. The van der Waals surface area contributed by atoms with E-state index in [0.29, 0.717) is 67.8 Å². The van der Waals surface area contributed by atoms with E-state index in [4.69, 9.17) is 75.1 Å². The molecule has 520 valence electrons. The molecule has 8 aliphatic heterocycles. The molecule has 8 bridgehead atoms. The van der Waals surface area contributed by atoms with Gasteiger partial charge < -0.3 is 75.1 Å². The van der Waals surface area contributed by atoms with Crippen molar-refractivity contribution in [3.05, 3.63) is 68.8 Å². The number of hydrogen-bond acceptors (Lipinski definition) is 16. The van der Waals surface area contributed by atoms with Gasteiger partial charge in [0.25, 0.3) is 0 Å². The maximum Gasteiger partial charge on any atom is 0.502 e. The van der Waals surface area contributed by atoms with Crippen LogP contribution in [0.3, 0.4) is 0 Å². The molecule has 0 atom stereocenters. The second kappa shape index (κ2) is 25.7. The van der Waals surface area contributed by atoms with Crippen molar-refractivity contribution in [2.75, 3.05) is 27.2 Å². The Kier molecular flexibility index (Phi) is 18.6. The van der Waals surface area contributed by atoms with Gasteiger partial charge in [-0.25, -0.2) is 0 Å². The van der Waals surface area contributed by atoms with Crippen molar-refractivity contribution in [3.63, 3.8) is 0 Å². The Bertz CT molecular complexity index is 2950. The predicted molar refractivity (Wildman–Crippen MR) is 377 cm³/mol. The van der Waals surface area contributed by atoms with Crippen molar-refractivity contribution in [2.24, 2.45) is 0 Å². The molecule has 9 aliphatic rings. The van der Waals surface area contributed by atoms with Crippen LogP contribution < -0.4 is 59.7 Å². The topological polar surface area (TPSA) is 148 Å². The molecule has 0 aromatic heterocycles. The average Bonchev–Trinajstić information content (AvgIpc) is 1.15. The molecule has 96 heavy (non-hydrogen) atoms. The van der Waals surface area contributed by atoms with Crippen molar-refractivity contribution in [2.45, 2.75) is 310 Å². The minimum atomic E-state index is -0.922. The van der Waals surface area contributed by atoms with E-state index in [1.54, 1.807) is 0 Å². The lowest BCUT2D eigenvalue weighted by atomic mass is 9.66. The molecule has 0 unspecified atom stereocenters. The lowest BCUT2D eigenvalue weighted by Gasteiger charge is -2.38. The first-order chi connectivity index (χ1) is 45.4. The highest BCUT2D eigenvalue weighted by Crippen LogP contribution is 2.57. The summed E-state index contributed by atoms with van der Waals surface area (Å²) < 4.78 is 117. The summed E-state index contributed by atoms with van der Waals surface area (Å²) in [5, 5.41) is 0. The number of benzene rings is 4. The monoisotopic (exact) mass is 1320 g/mol. The maximum absolute atomic E-state index is 7.38. The van der Waals surface area contributed by atoms with Gasteiger partial charge in [0.15, 0.2) is 0 Å². The summed E-state index contributed by atoms with van der Waals surface area (Å²) in [6.07, 6.45) is 14.6. The van der Waals surface area contributed by atoms with Gasteiger partial charge in [-0.05, 0) is 161 Å². The maximum atomic E-state index is 7.38. The molecule has 4 aromatic rings. The first kappa shape index (κ1) is 69.7. The van der Waals surface area contributed by atoms with E-state index < -0.39 is 73.3 Å². The highest BCUT2D eigenvalue weighted by molar-refractivity contribution is 6.66. The van der Waals surface area contributed by atoms with Gasteiger partial charge in [0.05, 0.1) is 66.7 Å². The van der Waals surface area contributed by atoms with Gasteiger partial charge in [0, 0.05) is 68.2 Å². The van der Waals surface area contributed by atoms with Crippen molar-refractivity contribution in [3.8, 4) is 46.0 Å². The normalized spacial score (nSPS) is 25.0. The fourth-order valence-electron chi connectivity index (χ4n) is 15.8. The molecule has 8 heterocycles. The van der Waals surface area contributed by atoms with E-state index in [0.717, 1.165) is 147 Å². The summed E-state index contributed by atoms with van der Waals surface area (Å²) in [5.74, 6) is 3.46. The summed E-state index contributed by atoms with van der Waals surface area (Å²) in [7, 11) is -3.69. The molecule has 13 rings (SSSR count). The molecule has 4 saturated heterocycles. The van der Waals surface area contributed by atoms with E-state index in [9.17, 15) is 0 Å². The van der Waals surface area contributed by atoms with Gasteiger partial charge in [-0.2, -0.15) is 0 Å². The van der Waals surface area contributed by atoms with Crippen LogP contribution in [0.1, 0.15) is 309 Å². The SMILES string of the molecule is CCCCCC1c2cc3c4c(B5OC(C)(C)C(C)(C)O5)c2OCOc2c1cc1c(c2B2OC(C)(C)C(C)(C)O2)OCOc2c(cc5c(c2B2OC(C)(C)C(C)(C)O2)OCOc2c(cc(c(c2B2OC(C)(C)C(C)(C)O2)OCO4)C3CCCCC)C5CCCCC)C1CCCCC. The standard InChI is InChI=1S/C76H108B4O16/c1-21-25-29-33-45-49-37-51-46(34-30-26-22-2)53-39-55-48(36-32-28-24-4)56-40-54-47(35-31-27-23-3)52-38-50(45)62-58(78-91-71(9,10)72(11,12)92-78)64(52)84-43-86-66(54)60(80-95-75(17,18)76(19,20)96-80)68(56)88-44-87-67(55)59(79-93-73(13,14)74(15,16)94-79)65(53)85-42-83-63(51)57(61(49)81-41-82-62)77-89-69(5,6)70(7,8)90-77/h37-40,45-48H,21-36,41-44H2,1-20H3. The molecule has 4 fully saturated rings. The Hall–Kier alpha value is -4.78. The summed E-state index contributed by atoms with van der Waals surface area (Å²) in [6, 6.07) is 9.67. The molecule has 16 nitrogen and oxygen atoms in total. The number of rotatable bonds is 20. The van der Waals surface area contributed by atoms with Gasteiger partial charge in [-0.1, -0.05) is 105 Å². The van der Waals surface area contributed by atoms with E-state index in [2.05, 4.69) is 163 Å². The Morgan fingerprint density at radius 3 is 0.531 bits per heavy atom. The van der Waals surface area contributed by atoms with Crippen LogP contribution in [-0.2, 0) is 37.2 Å². The quantitative estimate of drug-likeness (QED) is 0.0610. The third kappa shape index (κ3) is 11.7. The molecule has 20 heteroatoms. The summed E-state index contributed by atoms with van der Waals surface area (Å²) in [6.45, 7) is 41.9. The zero-order chi connectivity index (χ0) is 68.5. The lowest BCUT2D eigenvalue weighted by Crippen LogP contribution is -2.43. The third-order valence-electron chi connectivity index (χ3n) is 24.3. The van der Waals surface area contributed by atoms with Crippen LogP contribution >= 0.6 is 0 Å². The lowest BCUT2D eigenvalue weighted by molar-refractivity contribution is 0.00578. The van der Waals surface area contributed by atoms with Gasteiger partial charge in [-0.15, -0.1) is 0 Å². The van der Waals surface area contributed by atoms with Crippen molar-refractivity contribution >= 4 is 50.3 Å². The van der Waals surface area contributed by atoms with Crippen LogP contribution in [0.2, 0.25) is 0 Å². The smallest absolute Gasteiger partial charge is 0.457 e. The molecular weight excluding hydrogens is 1210 g/mol. The Morgan fingerprint density at radius 1 is 0.250 bits per heavy atom. The van der Waals surface area contributed by atoms with Gasteiger partial charge in [0.2, 0.25) is 27.2 Å². The minimum Gasteiger partial charge on any atom is -0.457 e. The molecule has 0 radical (unpaired) electrons. The zero-order valence-corrected chi connectivity index (χ0v) is 61.6. The zero-order valence-electron chi connectivity index (χ0n) is 61.6. The van der Waals surface area contributed by atoms with Crippen molar-refractivity contribution in [1.82, 2.24) is 0 Å². The second-order valence-corrected chi connectivity index (χ2v) is 32.7. The highest BCUT2D eigenvalue weighted by Gasteiger charge is 2.60. The number of ether oxygens (including phenoxy) is 8. The summed E-state index contributed by atoms with van der Waals surface area (Å²) >= 11 is 0. The van der Waals surface area contributed by atoms with E-state index in [1.807, 2.05) is 0 Å². The largest absolute Gasteiger partial charge is 0.502 e. The summed E-state index contributed by atoms with van der Waals surface area (Å²) in [4.78, 5) is 0. The van der Waals surface area contributed by atoms with Gasteiger partial charge in [0.1, 0.15) is 46.0 Å². The van der Waals surface area contributed by atoms with E-state index >= 15 is 0 Å². The highest BCUT2D eigenvalue weighted by atomic mass is 16.7. The molecule has 0 saturated carbocycles. The molecule has 0 spiro atoms. The molecule has 0 N–H and O–H groups in total. The van der Waals surface area contributed by atoms with Crippen LogP contribution in [0.25, 0.3) is 0 Å². The summed E-state index contributed by atoms with van der Waals surface area (Å²) in [5.41, 5.74) is 4.73. The molecular formula is C76H108B4O16. The Morgan fingerprint density at radius 2 is 0.396 bits per heavy atom. The first-order valence-corrected chi connectivity index (χ1v) is 36.7. The Labute approximate surface area is 574 Å². The van der Waals surface area contributed by atoms with Crippen molar-refractivity contribution < 1.29 is 75.1 Å². The van der Waals surface area contributed by atoms with E-state index in [-0.39, 0.29) is 50.8 Å². The van der Waals surface area contributed by atoms with Crippen LogP contribution in [0.15, 0.2) is 24.3 Å².